The van der Waals surface area contributed by atoms with E-state index in [1.165, 1.54) is 33.1 Å². The number of hydrogen-bond acceptors (Lipinski definition) is 7. The quantitative estimate of drug-likeness (QED) is 0.481. The number of halogens is 1. The highest BCUT2D eigenvalue weighted by atomic mass is 35.5. The van der Waals surface area contributed by atoms with Gasteiger partial charge in [-0.15, -0.1) is 0 Å². The van der Waals surface area contributed by atoms with Crippen LogP contribution in [0.4, 0.5) is 0 Å². The van der Waals surface area contributed by atoms with Gasteiger partial charge in [-0.05, 0) is 42.5 Å². The van der Waals surface area contributed by atoms with Crippen molar-refractivity contribution in [2.45, 2.75) is 16.2 Å². The standard InChI is InChI=1S/C22H25ClN4O5S2/c1-25-21(24-20-8-7-18(33(2,29)30)15-19(20)22(25)28)9-10-26-11-13-27(14-12-26)34(31,32)17-5-3-16(23)4-6-17/h3-8,15H,9-14H2,1-2H3. The summed E-state index contributed by atoms with van der Waals surface area (Å²) in [6.45, 7) is 2.47. The maximum absolute atomic E-state index is 12.9. The maximum atomic E-state index is 12.9. The fourth-order valence-electron chi connectivity index (χ4n) is 3.96. The van der Waals surface area contributed by atoms with E-state index in [0.29, 0.717) is 55.5 Å². The molecule has 9 nitrogen and oxygen atoms in total. The normalized spacial score (nSPS) is 16.2. The molecule has 0 saturated carbocycles. The second kappa shape index (κ2) is 9.38. The second-order valence-electron chi connectivity index (χ2n) is 8.29. The minimum absolute atomic E-state index is 0.0815. The van der Waals surface area contributed by atoms with Crippen LogP contribution in [0.15, 0.2) is 57.1 Å². The van der Waals surface area contributed by atoms with E-state index in [1.807, 2.05) is 0 Å². The molecule has 0 spiro atoms. The van der Waals surface area contributed by atoms with Crippen LogP contribution >= 0.6 is 11.6 Å². The molecule has 0 N–H and O–H groups in total. The van der Waals surface area contributed by atoms with E-state index in [2.05, 4.69) is 9.88 Å². The number of aromatic nitrogens is 2. The second-order valence-corrected chi connectivity index (χ2v) is 12.7. The van der Waals surface area contributed by atoms with Crippen molar-refractivity contribution in [2.24, 2.45) is 7.05 Å². The van der Waals surface area contributed by atoms with Gasteiger partial charge in [-0.25, -0.2) is 21.8 Å². The van der Waals surface area contributed by atoms with Crippen molar-refractivity contribution >= 4 is 42.4 Å². The van der Waals surface area contributed by atoms with Crippen LogP contribution in [0.1, 0.15) is 5.82 Å². The molecule has 0 amide bonds. The van der Waals surface area contributed by atoms with E-state index < -0.39 is 19.9 Å². The first-order chi connectivity index (χ1) is 16.0. The van der Waals surface area contributed by atoms with E-state index in [4.69, 9.17) is 11.6 Å². The molecule has 1 fully saturated rings. The molecule has 1 saturated heterocycles. The predicted octanol–water partition coefficient (Wildman–Crippen LogP) is 1.54. The van der Waals surface area contributed by atoms with Crippen LogP contribution in [0.25, 0.3) is 10.9 Å². The average Bonchev–Trinajstić information content (AvgIpc) is 2.80. The lowest BCUT2D eigenvalue weighted by molar-refractivity contribution is 0.189. The summed E-state index contributed by atoms with van der Waals surface area (Å²) in [7, 11) is -5.38. The molecule has 4 rings (SSSR count). The highest BCUT2D eigenvalue weighted by Gasteiger charge is 2.28. The van der Waals surface area contributed by atoms with Gasteiger partial charge in [0.2, 0.25) is 10.0 Å². The lowest BCUT2D eigenvalue weighted by atomic mass is 10.2. The third-order valence-corrected chi connectivity index (χ3v) is 9.28. The maximum Gasteiger partial charge on any atom is 0.261 e. The summed E-state index contributed by atoms with van der Waals surface area (Å²) >= 11 is 5.86. The van der Waals surface area contributed by atoms with Crippen LogP contribution < -0.4 is 5.56 Å². The lowest BCUT2D eigenvalue weighted by Gasteiger charge is -2.34. The third kappa shape index (κ3) is 5.03. The zero-order chi connectivity index (χ0) is 24.7. The Hall–Kier alpha value is -2.31. The van der Waals surface area contributed by atoms with Crippen LogP contribution in [0.3, 0.4) is 0 Å². The number of fused-ring (bicyclic) bond motifs is 1. The molecule has 0 bridgehead atoms. The van der Waals surface area contributed by atoms with Crippen LogP contribution in [-0.4, -0.2) is 74.6 Å². The van der Waals surface area contributed by atoms with Gasteiger partial charge >= 0.3 is 0 Å². The molecular weight excluding hydrogens is 500 g/mol. The number of sulfonamides is 1. The Morgan fingerprint density at radius 1 is 0.941 bits per heavy atom. The minimum atomic E-state index is -3.57. The fourth-order valence-corrected chi connectivity index (χ4v) is 6.15. The van der Waals surface area contributed by atoms with Crippen LogP contribution in [-0.2, 0) is 33.3 Å². The van der Waals surface area contributed by atoms with E-state index in [1.54, 1.807) is 25.2 Å². The Morgan fingerprint density at radius 3 is 2.18 bits per heavy atom. The van der Waals surface area contributed by atoms with E-state index in [9.17, 15) is 21.6 Å². The molecule has 2 heterocycles. The van der Waals surface area contributed by atoms with E-state index >= 15 is 0 Å². The van der Waals surface area contributed by atoms with Gasteiger partial charge in [0.15, 0.2) is 9.84 Å². The Kier molecular flexibility index (Phi) is 6.85. The number of piperazine rings is 1. The molecule has 0 aliphatic carbocycles. The number of hydrogen-bond donors (Lipinski definition) is 0. The van der Waals surface area contributed by atoms with Crippen molar-refractivity contribution in [3.63, 3.8) is 0 Å². The van der Waals surface area contributed by atoms with Gasteiger partial charge in [0.05, 0.1) is 20.7 Å². The summed E-state index contributed by atoms with van der Waals surface area (Å²) in [6, 6.07) is 10.5. The number of nitrogens with zero attached hydrogens (tertiary/aromatic N) is 4. The summed E-state index contributed by atoms with van der Waals surface area (Å²) in [6.07, 6.45) is 1.60. The van der Waals surface area contributed by atoms with Crippen LogP contribution in [0.5, 0.6) is 0 Å². The van der Waals surface area contributed by atoms with Gasteiger partial charge in [-0.2, -0.15) is 4.31 Å². The molecule has 1 aromatic heterocycles. The monoisotopic (exact) mass is 524 g/mol. The molecule has 0 atom stereocenters. The zero-order valence-corrected chi connectivity index (χ0v) is 21.2. The fraction of sp³-hybridized carbons (Fsp3) is 0.364. The first-order valence-corrected chi connectivity index (χ1v) is 14.4. The van der Waals surface area contributed by atoms with Crippen LogP contribution in [0.2, 0.25) is 5.02 Å². The lowest BCUT2D eigenvalue weighted by Crippen LogP contribution is -2.49. The van der Waals surface area contributed by atoms with Gasteiger partial charge in [-0.1, -0.05) is 11.6 Å². The topological polar surface area (TPSA) is 110 Å². The van der Waals surface area contributed by atoms with Crippen molar-refractivity contribution in [2.75, 3.05) is 39.0 Å². The molecule has 12 heteroatoms. The summed E-state index contributed by atoms with van der Waals surface area (Å²) in [5.74, 6) is 0.584. The first-order valence-electron chi connectivity index (χ1n) is 10.6. The molecule has 0 unspecified atom stereocenters. The summed E-state index contributed by atoms with van der Waals surface area (Å²) in [5.41, 5.74) is 0.147. The molecule has 0 radical (unpaired) electrons. The molecule has 182 valence electrons. The molecule has 34 heavy (non-hydrogen) atoms. The predicted molar refractivity (Wildman–Crippen MR) is 130 cm³/mol. The molecular formula is C22H25ClN4O5S2. The smallest absolute Gasteiger partial charge is 0.261 e. The third-order valence-electron chi connectivity index (χ3n) is 6.00. The van der Waals surface area contributed by atoms with Gasteiger partial charge < -0.3 is 4.90 Å². The van der Waals surface area contributed by atoms with E-state index in [0.717, 1.165) is 6.26 Å². The van der Waals surface area contributed by atoms with Crippen molar-refractivity contribution in [3.8, 4) is 0 Å². The molecule has 1 aliphatic heterocycles. The number of benzene rings is 2. The zero-order valence-electron chi connectivity index (χ0n) is 18.8. The summed E-state index contributed by atoms with van der Waals surface area (Å²) < 4.78 is 52.3. The Balaban J connectivity index is 1.43. The van der Waals surface area contributed by atoms with E-state index in [-0.39, 0.29) is 20.7 Å². The Labute approximate surface area is 203 Å². The Bertz CT molecular complexity index is 1490. The SMILES string of the molecule is Cn1c(CCN2CCN(S(=O)(=O)c3ccc(Cl)cc3)CC2)nc2ccc(S(C)(=O)=O)cc2c1=O. The van der Waals surface area contributed by atoms with Crippen molar-refractivity contribution in [1.82, 2.24) is 18.8 Å². The summed E-state index contributed by atoms with van der Waals surface area (Å²) in [4.78, 5) is 19.8. The van der Waals surface area contributed by atoms with Gasteiger partial charge in [-0.3, -0.25) is 9.36 Å². The van der Waals surface area contributed by atoms with Crippen molar-refractivity contribution in [3.05, 3.63) is 63.7 Å². The van der Waals surface area contributed by atoms with Gasteiger partial charge in [0, 0.05) is 57.5 Å². The largest absolute Gasteiger partial charge is 0.300 e. The highest BCUT2D eigenvalue weighted by Crippen LogP contribution is 2.20. The van der Waals surface area contributed by atoms with Gasteiger partial charge in [0.1, 0.15) is 5.82 Å². The molecule has 1 aliphatic rings. The van der Waals surface area contributed by atoms with Crippen molar-refractivity contribution in [1.29, 1.82) is 0 Å². The summed E-state index contributed by atoms with van der Waals surface area (Å²) in [5, 5.41) is 0.742. The first kappa shape index (κ1) is 24.8. The molecule has 2 aromatic carbocycles. The van der Waals surface area contributed by atoms with Crippen LogP contribution in [0, 0.1) is 0 Å². The Morgan fingerprint density at radius 2 is 1.56 bits per heavy atom. The highest BCUT2D eigenvalue weighted by molar-refractivity contribution is 7.90. The van der Waals surface area contributed by atoms with Gasteiger partial charge in [0.25, 0.3) is 5.56 Å². The minimum Gasteiger partial charge on any atom is -0.300 e. The van der Waals surface area contributed by atoms with Crippen molar-refractivity contribution < 1.29 is 16.8 Å². The number of rotatable bonds is 6. The average molecular weight is 525 g/mol. The molecule has 3 aromatic rings. The number of sulfone groups is 1.